The van der Waals surface area contributed by atoms with Gasteiger partial charge in [0.05, 0.1) is 7.11 Å². The predicted octanol–water partition coefficient (Wildman–Crippen LogP) is 3.71. The molecule has 0 radical (unpaired) electrons. The lowest BCUT2D eigenvalue weighted by atomic mass is 10.1. The molecule has 2 rings (SSSR count). The van der Waals surface area contributed by atoms with Crippen molar-refractivity contribution in [1.82, 2.24) is 0 Å². The van der Waals surface area contributed by atoms with Crippen molar-refractivity contribution in [3.8, 4) is 5.75 Å². The summed E-state index contributed by atoms with van der Waals surface area (Å²) >= 11 is 5.25. The van der Waals surface area contributed by atoms with Crippen LogP contribution in [0, 0.1) is 0 Å². The molecule has 0 atom stereocenters. The fourth-order valence-corrected chi connectivity index (χ4v) is 2.02. The van der Waals surface area contributed by atoms with Crippen LogP contribution in [-0.2, 0) is 0 Å². The SMILES string of the molecule is COc1cccc(NC(=S)Nc2ccc(C(C)=O)cc2)c1. The van der Waals surface area contributed by atoms with E-state index >= 15 is 0 Å². The number of Topliss-reactive ketones (excluding diaryl/α,β-unsaturated/α-hetero) is 1. The second kappa shape index (κ2) is 6.85. The Bertz CT molecular complexity index is 654. The Morgan fingerprint density at radius 3 is 2.33 bits per heavy atom. The summed E-state index contributed by atoms with van der Waals surface area (Å²) < 4.78 is 5.15. The molecule has 0 spiro atoms. The van der Waals surface area contributed by atoms with Crippen LogP contribution in [-0.4, -0.2) is 18.0 Å². The number of methoxy groups -OCH3 is 1. The lowest BCUT2D eigenvalue weighted by Gasteiger charge is -2.11. The predicted molar refractivity (Wildman–Crippen MR) is 89.3 cm³/mol. The van der Waals surface area contributed by atoms with E-state index < -0.39 is 0 Å². The zero-order valence-corrected chi connectivity index (χ0v) is 12.7. The standard InChI is InChI=1S/C16H16N2O2S/c1-11(19)12-6-8-13(9-7-12)17-16(21)18-14-4-3-5-15(10-14)20-2/h3-10H,1-2H3,(H2,17,18,21). The number of ketones is 1. The van der Waals surface area contributed by atoms with E-state index in [1.807, 2.05) is 36.4 Å². The second-order valence-electron chi connectivity index (χ2n) is 4.44. The number of carbonyl (C=O) groups is 1. The molecule has 0 aliphatic carbocycles. The highest BCUT2D eigenvalue weighted by atomic mass is 32.1. The average molecular weight is 300 g/mol. The van der Waals surface area contributed by atoms with Gasteiger partial charge in [0.25, 0.3) is 0 Å². The van der Waals surface area contributed by atoms with Crippen molar-refractivity contribution >= 4 is 34.5 Å². The highest BCUT2D eigenvalue weighted by Gasteiger charge is 2.02. The van der Waals surface area contributed by atoms with E-state index in [4.69, 9.17) is 17.0 Å². The highest BCUT2D eigenvalue weighted by Crippen LogP contribution is 2.17. The van der Waals surface area contributed by atoms with Crippen LogP contribution in [0.4, 0.5) is 11.4 Å². The Balaban J connectivity index is 1.99. The van der Waals surface area contributed by atoms with Crippen molar-refractivity contribution < 1.29 is 9.53 Å². The molecule has 0 fully saturated rings. The molecule has 108 valence electrons. The first-order valence-electron chi connectivity index (χ1n) is 6.41. The minimum Gasteiger partial charge on any atom is -0.497 e. The maximum absolute atomic E-state index is 11.2. The maximum Gasteiger partial charge on any atom is 0.175 e. The van der Waals surface area contributed by atoms with Gasteiger partial charge in [-0.2, -0.15) is 0 Å². The molecule has 0 amide bonds. The number of ether oxygens (including phenoxy) is 1. The fraction of sp³-hybridized carbons (Fsp3) is 0.125. The van der Waals surface area contributed by atoms with Crippen LogP contribution in [0.25, 0.3) is 0 Å². The van der Waals surface area contributed by atoms with E-state index in [0.717, 1.165) is 17.1 Å². The maximum atomic E-state index is 11.2. The summed E-state index contributed by atoms with van der Waals surface area (Å²) in [7, 11) is 1.62. The summed E-state index contributed by atoms with van der Waals surface area (Å²) in [6.07, 6.45) is 0. The summed E-state index contributed by atoms with van der Waals surface area (Å²) in [5.41, 5.74) is 2.33. The van der Waals surface area contributed by atoms with Crippen molar-refractivity contribution in [2.45, 2.75) is 6.92 Å². The third kappa shape index (κ3) is 4.29. The van der Waals surface area contributed by atoms with Crippen molar-refractivity contribution in [2.75, 3.05) is 17.7 Å². The van der Waals surface area contributed by atoms with Crippen molar-refractivity contribution in [1.29, 1.82) is 0 Å². The van der Waals surface area contributed by atoms with Crippen LogP contribution < -0.4 is 15.4 Å². The lowest BCUT2D eigenvalue weighted by Crippen LogP contribution is -2.19. The number of carbonyl (C=O) groups excluding carboxylic acids is 1. The molecule has 0 saturated carbocycles. The van der Waals surface area contributed by atoms with E-state index in [2.05, 4.69) is 10.6 Å². The Hall–Kier alpha value is -2.40. The van der Waals surface area contributed by atoms with Gasteiger partial charge in [0.1, 0.15) is 5.75 Å². The van der Waals surface area contributed by atoms with E-state index in [9.17, 15) is 4.79 Å². The van der Waals surface area contributed by atoms with Gasteiger partial charge < -0.3 is 15.4 Å². The Morgan fingerprint density at radius 1 is 1.05 bits per heavy atom. The van der Waals surface area contributed by atoms with Crippen molar-refractivity contribution in [3.63, 3.8) is 0 Å². The van der Waals surface area contributed by atoms with Crippen molar-refractivity contribution in [3.05, 3.63) is 54.1 Å². The van der Waals surface area contributed by atoms with Crippen LogP contribution in [0.15, 0.2) is 48.5 Å². The van der Waals surface area contributed by atoms with E-state index in [1.54, 1.807) is 19.2 Å². The molecule has 0 bridgehead atoms. The minimum atomic E-state index is 0.0404. The van der Waals surface area contributed by atoms with Gasteiger partial charge in [-0.25, -0.2) is 0 Å². The molecule has 2 aromatic rings. The van der Waals surface area contributed by atoms with Gasteiger partial charge >= 0.3 is 0 Å². The van der Waals surface area contributed by atoms with Gasteiger partial charge in [0.15, 0.2) is 10.9 Å². The molecule has 2 N–H and O–H groups in total. The number of benzene rings is 2. The molecule has 21 heavy (non-hydrogen) atoms. The van der Waals surface area contributed by atoms with Gasteiger partial charge in [0, 0.05) is 23.0 Å². The summed E-state index contributed by atoms with van der Waals surface area (Å²) in [4.78, 5) is 11.2. The molecule has 0 aliphatic heterocycles. The Kier molecular flexibility index (Phi) is 4.90. The molecule has 4 nitrogen and oxygen atoms in total. The summed E-state index contributed by atoms with van der Waals surface area (Å²) in [6.45, 7) is 1.54. The van der Waals surface area contributed by atoms with Crippen molar-refractivity contribution in [2.24, 2.45) is 0 Å². The van der Waals surface area contributed by atoms with Gasteiger partial charge in [-0.05, 0) is 55.5 Å². The molecule has 0 aromatic heterocycles. The normalized spacial score (nSPS) is 9.81. The van der Waals surface area contributed by atoms with Crippen LogP contribution in [0.2, 0.25) is 0 Å². The lowest BCUT2D eigenvalue weighted by molar-refractivity contribution is 0.101. The molecule has 2 aromatic carbocycles. The smallest absolute Gasteiger partial charge is 0.175 e. The fourth-order valence-electron chi connectivity index (χ4n) is 1.78. The Morgan fingerprint density at radius 2 is 1.71 bits per heavy atom. The van der Waals surface area contributed by atoms with Gasteiger partial charge in [-0.3, -0.25) is 4.79 Å². The van der Waals surface area contributed by atoms with Crippen LogP contribution in [0.5, 0.6) is 5.75 Å². The second-order valence-corrected chi connectivity index (χ2v) is 4.85. The number of nitrogens with one attached hydrogen (secondary N) is 2. The zero-order valence-electron chi connectivity index (χ0n) is 11.8. The van der Waals surface area contributed by atoms with E-state index in [1.165, 1.54) is 6.92 Å². The number of rotatable bonds is 4. The summed E-state index contributed by atoms with van der Waals surface area (Å²) in [5.74, 6) is 0.798. The van der Waals surface area contributed by atoms with Gasteiger partial charge in [-0.15, -0.1) is 0 Å². The minimum absolute atomic E-state index is 0.0404. The third-order valence-electron chi connectivity index (χ3n) is 2.88. The highest BCUT2D eigenvalue weighted by molar-refractivity contribution is 7.80. The zero-order chi connectivity index (χ0) is 15.2. The number of hydrogen-bond donors (Lipinski definition) is 2. The van der Waals surface area contributed by atoms with Crippen LogP contribution >= 0.6 is 12.2 Å². The third-order valence-corrected chi connectivity index (χ3v) is 3.08. The topological polar surface area (TPSA) is 50.4 Å². The van der Waals surface area contributed by atoms with E-state index in [-0.39, 0.29) is 5.78 Å². The van der Waals surface area contributed by atoms with Gasteiger partial charge in [-0.1, -0.05) is 6.07 Å². The average Bonchev–Trinajstić information content (AvgIpc) is 2.47. The molecule has 0 unspecified atom stereocenters. The first-order valence-corrected chi connectivity index (χ1v) is 6.82. The number of anilines is 2. The molecular formula is C16H16N2O2S. The first kappa shape index (κ1) is 15.0. The summed E-state index contributed by atoms with van der Waals surface area (Å²) in [5, 5.41) is 6.61. The number of hydrogen-bond acceptors (Lipinski definition) is 3. The molecular weight excluding hydrogens is 284 g/mol. The Labute approximate surface area is 129 Å². The van der Waals surface area contributed by atoms with Gasteiger partial charge in [0.2, 0.25) is 0 Å². The van der Waals surface area contributed by atoms with Crippen LogP contribution in [0.1, 0.15) is 17.3 Å². The molecule has 0 heterocycles. The molecule has 0 saturated heterocycles. The van der Waals surface area contributed by atoms with Crippen LogP contribution in [0.3, 0.4) is 0 Å². The molecule has 5 heteroatoms. The molecule has 0 aliphatic rings. The largest absolute Gasteiger partial charge is 0.497 e. The summed E-state index contributed by atoms with van der Waals surface area (Å²) in [6, 6.07) is 14.7. The monoisotopic (exact) mass is 300 g/mol. The number of thiocarbonyl (C=S) groups is 1. The van der Waals surface area contributed by atoms with E-state index in [0.29, 0.717) is 10.7 Å². The quantitative estimate of drug-likeness (QED) is 0.666. The first-order chi connectivity index (χ1) is 10.1.